The van der Waals surface area contributed by atoms with E-state index in [1.54, 1.807) is 13.2 Å². The van der Waals surface area contributed by atoms with Crippen LogP contribution in [0.25, 0.3) is 22.0 Å². The molecule has 0 unspecified atom stereocenters. The average molecular weight is 562 g/mol. The van der Waals surface area contributed by atoms with E-state index >= 15 is 4.39 Å². The Bertz CT molecular complexity index is 1650. The summed E-state index contributed by atoms with van der Waals surface area (Å²) in [7, 11) is 4.22. The fraction of sp³-hybridized carbons (Fsp3) is 0.387. The van der Waals surface area contributed by atoms with Crippen molar-refractivity contribution in [1.29, 1.82) is 0 Å². The van der Waals surface area contributed by atoms with E-state index in [9.17, 15) is 9.59 Å². The van der Waals surface area contributed by atoms with Crippen LogP contribution in [0, 0.1) is 18.7 Å². The van der Waals surface area contributed by atoms with Gasteiger partial charge in [-0.05, 0) is 67.5 Å². The second-order valence-corrected chi connectivity index (χ2v) is 10.8. The van der Waals surface area contributed by atoms with E-state index in [1.165, 1.54) is 20.3 Å². The number of ether oxygens (including phenoxy) is 4. The second-order valence-electron chi connectivity index (χ2n) is 10.8. The predicted octanol–water partition coefficient (Wildman–Crippen LogP) is 5.22. The third kappa shape index (κ3) is 4.65. The van der Waals surface area contributed by atoms with Gasteiger partial charge in [0.05, 0.1) is 57.0 Å². The summed E-state index contributed by atoms with van der Waals surface area (Å²) in [6.07, 6.45) is 2.39. The van der Waals surface area contributed by atoms with Crippen LogP contribution < -0.4 is 4.74 Å². The van der Waals surface area contributed by atoms with Gasteiger partial charge in [0.15, 0.2) is 0 Å². The van der Waals surface area contributed by atoms with Crippen molar-refractivity contribution in [2.75, 3.05) is 21.3 Å². The van der Waals surface area contributed by atoms with Gasteiger partial charge >= 0.3 is 11.9 Å². The van der Waals surface area contributed by atoms with Crippen molar-refractivity contribution in [3.05, 3.63) is 70.4 Å². The maximum Gasteiger partial charge on any atom is 0.354 e. The van der Waals surface area contributed by atoms with Gasteiger partial charge in [-0.1, -0.05) is 12.1 Å². The number of halogens is 1. The number of esters is 2. The zero-order chi connectivity index (χ0) is 28.9. The fourth-order valence-electron chi connectivity index (χ4n) is 5.81. The molecule has 214 valence electrons. The van der Waals surface area contributed by atoms with Crippen molar-refractivity contribution in [3.63, 3.8) is 0 Å². The predicted molar refractivity (Wildman–Crippen MR) is 148 cm³/mol. The normalized spacial score (nSPS) is 18.7. The Morgan fingerprint density at radius 2 is 1.78 bits per heavy atom. The van der Waals surface area contributed by atoms with Crippen LogP contribution in [0.5, 0.6) is 5.75 Å². The van der Waals surface area contributed by atoms with Crippen LogP contribution in [-0.4, -0.2) is 48.0 Å². The highest BCUT2D eigenvalue weighted by Crippen LogP contribution is 2.73. The van der Waals surface area contributed by atoms with E-state index in [4.69, 9.17) is 24.0 Å². The summed E-state index contributed by atoms with van der Waals surface area (Å²) < 4.78 is 39.1. The molecule has 2 heterocycles. The van der Waals surface area contributed by atoms with E-state index in [-0.39, 0.29) is 30.7 Å². The molecule has 0 bridgehead atoms. The van der Waals surface area contributed by atoms with Gasteiger partial charge in [-0.2, -0.15) is 5.10 Å². The fourth-order valence-corrected chi connectivity index (χ4v) is 5.81. The zero-order valence-corrected chi connectivity index (χ0v) is 23.5. The summed E-state index contributed by atoms with van der Waals surface area (Å²) >= 11 is 0. The Morgan fingerprint density at radius 3 is 2.41 bits per heavy atom. The molecule has 0 atom stereocenters. The molecule has 2 aromatic carbocycles. The van der Waals surface area contributed by atoms with Crippen LogP contribution in [0.1, 0.15) is 52.3 Å². The molecular formula is C31H32FN3O6. The maximum atomic E-state index is 15.8. The zero-order valence-electron chi connectivity index (χ0n) is 23.5. The lowest BCUT2D eigenvalue weighted by molar-refractivity contribution is -0.140. The number of nitrogens with zero attached hydrogens (tertiary/aromatic N) is 2. The second kappa shape index (κ2) is 10.3. The van der Waals surface area contributed by atoms with Crippen LogP contribution in [0.3, 0.4) is 0 Å². The molecule has 9 nitrogen and oxygen atoms in total. The van der Waals surface area contributed by atoms with E-state index in [2.05, 4.69) is 4.98 Å². The minimum atomic E-state index is -0.597. The van der Waals surface area contributed by atoms with Crippen LogP contribution in [0.4, 0.5) is 4.39 Å². The Hall–Kier alpha value is -4.18. The first-order valence-electron chi connectivity index (χ1n) is 13.6. The standard InChI is InChI=1S/C31H32FN3O6/c1-17-26(24(35(34-17)31-13-19(31)14-31)16-41-15-18-5-7-20(38-2)8-6-18)27-23(32)11-9-21-22(10-12-25(36)39-3)29(30(37)40-4)33-28(21)27/h5-9,11,19,33H,10,12-16H2,1-4H3. The Labute approximate surface area is 236 Å². The third-order valence-corrected chi connectivity index (χ3v) is 8.36. The van der Waals surface area contributed by atoms with Crippen molar-refractivity contribution < 1.29 is 32.9 Å². The first kappa shape index (κ1) is 27.0. The molecule has 2 saturated carbocycles. The smallest absolute Gasteiger partial charge is 0.354 e. The topological polar surface area (TPSA) is 105 Å². The van der Waals surface area contributed by atoms with E-state index in [0.717, 1.165) is 29.8 Å². The summed E-state index contributed by atoms with van der Waals surface area (Å²) in [4.78, 5) is 27.8. The number of hydrogen-bond donors (Lipinski definition) is 1. The van der Waals surface area contributed by atoms with Crippen molar-refractivity contribution in [1.82, 2.24) is 14.8 Å². The highest BCUT2D eigenvalue weighted by atomic mass is 19.1. The number of aromatic amines is 1. The van der Waals surface area contributed by atoms with Gasteiger partial charge in [0.1, 0.15) is 17.3 Å². The molecule has 0 spiro atoms. The van der Waals surface area contributed by atoms with Gasteiger partial charge < -0.3 is 23.9 Å². The lowest BCUT2D eigenvalue weighted by atomic mass is 9.97. The molecule has 0 saturated heterocycles. The number of nitrogens with one attached hydrogen (secondary N) is 1. The van der Waals surface area contributed by atoms with Crippen molar-refractivity contribution in [2.45, 2.75) is 51.4 Å². The molecule has 1 N–H and O–H groups in total. The lowest BCUT2D eigenvalue weighted by Crippen LogP contribution is -2.14. The van der Waals surface area contributed by atoms with Gasteiger partial charge in [0.2, 0.25) is 0 Å². The van der Waals surface area contributed by atoms with Crippen molar-refractivity contribution in [3.8, 4) is 16.9 Å². The summed E-state index contributed by atoms with van der Waals surface area (Å²) in [6, 6.07) is 10.7. The molecule has 6 rings (SSSR count). The molecule has 2 aromatic heterocycles. The first-order valence-corrected chi connectivity index (χ1v) is 13.6. The van der Waals surface area contributed by atoms with Crippen LogP contribution in [0.15, 0.2) is 36.4 Å². The number of carbonyl (C=O) groups is 2. The van der Waals surface area contributed by atoms with Crippen LogP contribution in [0.2, 0.25) is 0 Å². The largest absolute Gasteiger partial charge is 0.497 e. The molecule has 4 aromatic rings. The van der Waals surface area contributed by atoms with Crippen molar-refractivity contribution >= 4 is 22.8 Å². The number of fused-ring (bicyclic) bond motifs is 2. The summed E-state index contributed by atoms with van der Waals surface area (Å²) in [6.45, 7) is 2.46. The van der Waals surface area contributed by atoms with E-state index in [0.29, 0.717) is 45.8 Å². The SMILES string of the molecule is COC(=O)CCc1c(C(=O)OC)[nH]c2c(-c3c(C)nn(C45CC4C5)c3COCc3ccc(OC)cc3)c(F)ccc12. The van der Waals surface area contributed by atoms with Gasteiger partial charge in [0, 0.05) is 22.9 Å². The number of H-pyrrole nitrogens is 1. The number of carbonyl (C=O) groups excluding carboxylic acids is 2. The highest BCUT2D eigenvalue weighted by Gasteiger charge is 2.72. The average Bonchev–Trinajstić information content (AvgIpc) is 3.79. The number of rotatable bonds is 11. The quantitative estimate of drug-likeness (QED) is 0.251. The molecule has 0 aliphatic heterocycles. The van der Waals surface area contributed by atoms with Crippen molar-refractivity contribution in [2.24, 2.45) is 5.92 Å². The molecular weight excluding hydrogens is 529 g/mol. The summed E-state index contributed by atoms with van der Waals surface area (Å²) in [5.74, 6) is -0.0929. The van der Waals surface area contributed by atoms with Crippen LogP contribution >= 0.6 is 0 Å². The van der Waals surface area contributed by atoms with Gasteiger partial charge in [-0.25, -0.2) is 9.18 Å². The molecule has 2 aliphatic rings. The molecule has 2 aliphatic carbocycles. The van der Waals surface area contributed by atoms with E-state index in [1.807, 2.05) is 35.9 Å². The van der Waals surface area contributed by atoms with Gasteiger partial charge in [0.25, 0.3) is 0 Å². The number of methoxy groups -OCH3 is 3. The molecule has 0 amide bonds. The Kier molecular flexibility index (Phi) is 6.81. The minimum absolute atomic E-state index is 0.00915. The first-order chi connectivity index (χ1) is 19.8. The summed E-state index contributed by atoms with van der Waals surface area (Å²) in [5.41, 5.74) is 4.62. The lowest BCUT2D eigenvalue weighted by Gasteiger charge is -2.14. The van der Waals surface area contributed by atoms with E-state index < -0.39 is 17.8 Å². The molecule has 41 heavy (non-hydrogen) atoms. The number of aromatic nitrogens is 3. The monoisotopic (exact) mass is 561 g/mol. The highest BCUT2D eigenvalue weighted by molar-refractivity contribution is 6.04. The van der Waals surface area contributed by atoms with Crippen LogP contribution in [-0.2, 0) is 44.2 Å². The summed E-state index contributed by atoms with van der Waals surface area (Å²) in [5, 5.41) is 5.53. The third-order valence-electron chi connectivity index (χ3n) is 8.36. The minimum Gasteiger partial charge on any atom is -0.497 e. The van der Waals surface area contributed by atoms with Gasteiger partial charge in [-0.15, -0.1) is 0 Å². The Morgan fingerprint density at radius 1 is 1.05 bits per heavy atom. The number of benzene rings is 2. The molecule has 10 heteroatoms. The Balaban J connectivity index is 1.43. The maximum absolute atomic E-state index is 15.8. The van der Waals surface area contributed by atoms with Gasteiger partial charge in [-0.3, -0.25) is 9.48 Å². The number of aryl methyl sites for hydroxylation is 2. The number of hydrogen-bond acceptors (Lipinski definition) is 7. The molecule has 2 fully saturated rings. The molecule has 0 radical (unpaired) electrons.